The van der Waals surface area contributed by atoms with Crippen molar-refractivity contribution in [2.75, 3.05) is 4.90 Å². The van der Waals surface area contributed by atoms with Crippen LogP contribution in [0.3, 0.4) is 0 Å². The highest BCUT2D eigenvalue weighted by molar-refractivity contribution is 6.27. The zero-order chi connectivity index (χ0) is 37.7. The fraction of sp³-hybridized carbons (Fsp3) is 0. The van der Waals surface area contributed by atoms with E-state index in [4.69, 9.17) is 4.42 Å². The lowest BCUT2D eigenvalue weighted by molar-refractivity contribution is 0.669. The Morgan fingerprint density at radius 1 is 0.316 bits per heavy atom. The normalized spacial score (nSPS) is 11.5. The van der Waals surface area contributed by atoms with E-state index in [2.05, 4.69) is 228 Å². The molecule has 0 bridgehead atoms. The Balaban J connectivity index is 0.979. The first-order valence-corrected chi connectivity index (χ1v) is 19.4. The van der Waals surface area contributed by atoms with Crippen LogP contribution in [0.25, 0.3) is 82.8 Å². The van der Waals surface area contributed by atoms with Crippen molar-refractivity contribution in [2.24, 2.45) is 0 Å². The van der Waals surface area contributed by atoms with Gasteiger partial charge in [-0.3, -0.25) is 0 Å². The smallest absolute Gasteiger partial charge is 0.136 e. The van der Waals surface area contributed by atoms with Gasteiger partial charge in [0.15, 0.2) is 0 Å². The summed E-state index contributed by atoms with van der Waals surface area (Å²) >= 11 is 0. The standard InChI is InChI=1S/C54H36N2O/c1-4-12-37(13-5-1)39-20-27-44(28-21-39)55(45-29-22-40(23-30-45)38-14-6-2-7-15-38)46-31-24-41(25-32-46)42-26-33-48-52(36-42)57-51-35-34-50-53(54(48)51)47-18-10-11-19-49(47)56(50)43-16-8-3-9-17-43/h1-36H. The molecule has 0 N–H and O–H groups in total. The molecule has 0 unspecified atom stereocenters. The molecule has 0 atom stereocenters. The molecule has 0 saturated carbocycles. The minimum absolute atomic E-state index is 0.884. The number of hydrogen-bond donors (Lipinski definition) is 0. The molecule has 11 rings (SSSR count). The molecular weight excluding hydrogens is 693 g/mol. The molecule has 2 aromatic heterocycles. The SMILES string of the molecule is c1ccc(-c2ccc(N(c3ccc(-c4ccccc4)cc3)c3ccc(-c4ccc5c(c4)oc4ccc6c(c7ccccc7n6-c6ccccc6)c45)cc3)cc2)cc1. The minimum atomic E-state index is 0.884. The van der Waals surface area contributed by atoms with Crippen molar-refractivity contribution < 1.29 is 4.42 Å². The second-order valence-corrected chi connectivity index (χ2v) is 14.5. The summed E-state index contributed by atoms with van der Waals surface area (Å²) in [6.45, 7) is 0. The van der Waals surface area contributed by atoms with Crippen LogP contribution < -0.4 is 4.90 Å². The Bertz CT molecular complexity index is 3100. The average Bonchev–Trinajstić information content (AvgIpc) is 3.83. The van der Waals surface area contributed by atoms with Crippen molar-refractivity contribution in [3.8, 4) is 39.1 Å². The lowest BCUT2D eigenvalue weighted by Gasteiger charge is -2.26. The zero-order valence-electron chi connectivity index (χ0n) is 31.1. The van der Waals surface area contributed by atoms with E-state index in [0.717, 1.165) is 55.8 Å². The lowest BCUT2D eigenvalue weighted by atomic mass is 10.0. The van der Waals surface area contributed by atoms with Crippen molar-refractivity contribution >= 4 is 60.8 Å². The first-order valence-electron chi connectivity index (χ1n) is 19.4. The number of aromatic nitrogens is 1. The third-order valence-corrected chi connectivity index (χ3v) is 11.2. The first kappa shape index (κ1) is 32.8. The Morgan fingerprint density at radius 3 is 1.37 bits per heavy atom. The summed E-state index contributed by atoms with van der Waals surface area (Å²) in [5.74, 6) is 0. The third kappa shape index (κ3) is 5.68. The van der Waals surface area contributed by atoms with E-state index in [1.54, 1.807) is 0 Å². The van der Waals surface area contributed by atoms with Crippen molar-refractivity contribution in [1.29, 1.82) is 0 Å². The molecule has 0 saturated heterocycles. The molecule has 0 fully saturated rings. The molecule has 268 valence electrons. The van der Waals surface area contributed by atoms with Crippen LogP contribution in [0.4, 0.5) is 17.1 Å². The predicted molar refractivity (Wildman–Crippen MR) is 239 cm³/mol. The Kier molecular flexibility index (Phi) is 7.82. The van der Waals surface area contributed by atoms with Gasteiger partial charge in [0.25, 0.3) is 0 Å². The summed E-state index contributed by atoms with van der Waals surface area (Å²) in [6.07, 6.45) is 0. The van der Waals surface area contributed by atoms with Gasteiger partial charge in [-0.2, -0.15) is 0 Å². The quantitative estimate of drug-likeness (QED) is 0.163. The van der Waals surface area contributed by atoms with E-state index < -0.39 is 0 Å². The molecule has 11 aromatic rings. The highest BCUT2D eigenvalue weighted by atomic mass is 16.3. The number of para-hydroxylation sites is 2. The number of fused-ring (bicyclic) bond motifs is 7. The van der Waals surface area contributed by atoms with E-state index in [9.17, 15) is 0 Å². The number of furan rings is 1. The molecule has 0 amide bonds. The summed E-state index contributed by atoms with van der Waals surface area (Å²) in [7, 11) is 0. The third-order valence-electron chi connectivity index (χ3n) is 11.2. The lowest BCUT2D eigenvalue weighted by Crippen LogP contribution is -2.09. The van der Waals surface area contributed by atoms with E-state index in [0.29, 0.717) is 0 Å². The van der Waals surface area contributed by atoms with E-state index in [-0.39, 0.29) is 0 Å². The van der Waals surface area contributed by atoms with Gasteiger partial charge in [-0.15, -0.1) is 0 Å². The van der Waals surface area contributed by atoms with Crippen LogP contribution in [-0.2, 0) is 0 Å². The van der Waals surface area contributed by atoms with Gasteiger partial charge in [0.05, 0.1) is 11.0 Å². The fourth-order valence-corrected chi connectivity index (χ4v) is 8.48. The minimum Gasteiger partial charge on any atom is -0.456 e. The zero-order valence-corrected chi connectivity index (χ0v) is 31.1. The number of benzene rings is 9. The number of nitrogens with zero attached hydrogens (tertiary/aromatic N) is 2. The summed E-state index contributed by atoms with van der Waals surface area (Å²) in [6, 6.07) is 77.9. The van der Waals surface area contributed by atoms with Crippen molar-refractivity contribution in [2.45, 2.75) is 0 Å². The molecule has 0 aliphatic carbocycles. The van der Waals surface area contributed by atoms with Crippen LogP contribution in [0.15, 0.2) is 223 Å². The van der Waals surface area contributed by atoms with Crippen LogP contribution in [0.1, 0.15) is 0 Å². The maximum absolute atomic E-state index is 6.63. The monoisotopic (exact) mass is 728 g/mol. The van der Waals surface area contributed by atoms with E-state index in [1.165, 1.54) is 44.1 Å². The highest BCUT2D eigenvalue weighted by Crippen LogP contribution is 2.43. The molecule has 57 heavy (non-hydrogen) atoms. The predicted octanol–water partition coefficient (Wildman–Crippen LogP) is 15.2. The molecule has 9 aromatic carbocycles. The first-order chi connectivity index (χ1) is 28.3. The topological polar surface area (TPSA) is 21.3 Å². The van der Waals surface area contributed by atoms with Crippen molar-refractivity contribution in [1.82, 2.24) is 4.57 Å². The number of anilines is 3. The molecule has 0 aliphatic heterocycles. The summed E-state index contributed by atoms with van der Waals surface area (Å²) in [5, 5.41) is 4.72. The summed E-state index contributed by atoms with van der Waals surface area (Å²) in [4.78, 5) is 2.33. The van der Waals surface area contributed by atoms with Gasteiger partial charge in [0.2, 0.25) is 0 Å². The maximum Gasteiger partial charge on any atom is 0.136 e. The van der Waals surface area contributed by atoms with Gasteiger partial charge in [-0.25, -0.2) is 0 Å². The van der Waals surface area contributed by atoms with Gasteiger partial charge < -0.3 is 13.9 Å². The number of rotatable bonds is 7. The Labute approximate surface area is 330 Å². The molecule has 0 spiro atoms. The van der Waals surface area contributed by atoms with Gasteiger partial charge in [-0.05, 0) is 112 Å². The summed E-state index contributed by atoms with van der Waals surface area (Å²) in [5.41, 5.74) is 15.6. The second-order valence-electron chi connectivity index (χ2n) is 14.5. The van der Waals surface area contributed by atoms with Crippen LogP contribution in [-0.4, -0.2) is 4.57 Å². The van der Waals surface area contributed by atoms with Crippen LogP contribution >= 0.6 is 0 Å². The Morgan fingerprint density at radius 2 is 0.789 bits per heavy atom. The van der Waals surface area contributed by atoms with Gasteiger partial charge in [0.1, 0.15) is 11.2 Å². The molecule has 2 heterocycles. The molecule has 3 nitrogen and oxygen atoms in total. The van der Waals surface area contributed by atoms with E-state index >= 15 is 0 Å². The molecular formula is C54H36N2O. The number of hydrogen-bond acceptors (Lipinski definition) is 2. The fourth-order valence-electron chi connectivity index (χ4n) is 8.48. The van der Waals surface area contributed by atoms with Gasteiger partial charge >= 0.3 is 0 Å². The van der Waals surface area contributed by atoms with Gasteiger partial charge in [-0.1, -0.05) is 140 Å². The summed E-state index contributed by atoms with van der Waals surface area (Å²) < 4.78 is 8.99. The second kappa shape index (κ2) is 13.6. The molecule has 0 aliphatic rings. The van der Waals surface area contributed by atoms with Crippen LogP contribution in [0.2, 0.25) is 0 Å². The van der Waals surface area contributed by atoms with Crippen molar-refractivity contribution in [3.05, 3.63) is 218 Å². The molecule has 0 radical (unpaired) electrons. The highest BCUT2D eigenvalue weighted by Gasteiger charge is 2.19. The maximum atomic E-state index is 6.63. The largest absolute Gasteiger partial charge is 0.456 e. The van der Waals surface area contributed by atoms with Crippen LogP contribution in [0, 0.1) is 0 Å². The van der Waals surface area contributed by atoms with Crippen LogP contribution in [0.5, 0.6) is 0 Å². The molecule has 3 heteroatoms. The van der Waals surface area contributed by atoms with Gasteiger partial charge in [0, 0.05) is 44.3 Å². The van der Waals surface area contributed by atoms with E-state index in [1.807, 2.05) is 0 Å². The van der Waals surface area contributed by atoms with Crippen molar-refractivity contribution in [3.63, 3.8) is 0 Å². The Hall–Kier alpha value is -7.62. The average molecular weight is 729 g/mol.